The van der Waals surface area contributed by atoms with Gasteiger partial charge in [-0.3, -0.25) is 4.79 Å². The normalized spacial score (nSPS) is 19.6. The van der Waals surface area contributed by atoms with Crippen molar-refractivity contribution in [2.45, 2.75) is 70.1 Å². The second kappa shape index (κ2) is 8.79. The largest absolute Gasteiger partial charge is 0.356 e. The molecule has 2 nitrogen and oxygen atoms in total. The first-order chi connectivity index (χ1) is 8.18. The van der Waals surface area contributed by atoms with Crippen LogP contribution < -0.4 is 5.32 Å². The smallest absolute Gasteiger partial charge is 0.220 e. The zero-order chi connectivity index (χ0) is 12.5. The fraction of sp³-hybridized carbons (Fsp3) is 0.929. The SMILES string of the molecule is CC(Cl)CCCNC(=O)CC1CCCCCC1. The van der Waals surface area contributed by atoms with Gasteiger partial charge in [0, 0.05) is 18.3 Å². The molecule has 0 aromatic heterocycles. The number of carbonyl (C=O) groups is 1. The van der Waals surface area contributed by atoms with Crippen molar-refractivity contribution in [3.05, 3.63) is 0 Å². The van der Waals surface area contributed by atoms with Crippen LogP contribution in [0.1, 0.15) is 64.7 Å². The lowest BCUT2D eigenvalue weighted by Gasteiger charge is -2.13. The van der Waals surface area contributed by atoms with Crippen molar-refractivity contribution in [1.82, 2.24) is 5.32 Å². The molecule has 0 aromatic rings. The molecule has 1 aliphatic carbocycles. The summed E-state index contributed by atoms with van der Waals surface area (Å²) in [6, 6.07) is 0. The lowest BCUT2D eigenvalue weighted by molar-refractivity contribution is -0.122. The number of amides is 1. The Hall–Kier alpha value is -0.240. The molecule has 1 unspecified atom stereocenters. The molecule has 1 atom stereocenters. The predicted molar refractivity (Wildman–Crippen MR) is 73.4 cm³/mol. The van der Waals surface area contributed by atoms with Crippen molar-refractivity contribution in [3.63, 3.8) is 0 Å². The van der Waals surface area contributed by atoms with E-state index in [-0.39, 0.29) is 11.3 Å². The number of carbonyl (C=O) groups excluding carboxylic acids is 1. The maximum atomic E-state index is 11.7. The molecule has 1 amide bonds. The van der Waals surface area contributed by atoms with Crippen LogP contribution in [0.2, 0.25) is 0 Å². The summed E-state index contributed by atoms with van der Waals surface area (Å²) in [6.07, 6.45) is 10.5. The van der Waals surface area contributed by atoms with Crippen LogP contribution >= 0.6 is 11.6 Å². The van der Waals surface area contributed by atoms with Gasteiger partial charge in [-0.25, -0.2) is 0 Å². The predicted octanol–water partition coefficient (Wildman–Crippen LogP) is 3.87. The summed E-state index contributed by atoms with van der Waals surface area (Å²) in [5, 5.41) is 3.22. The first kappa shape index (κ1) is 14.8. The molecule has 17 heavy (non-hydrogen) atoms. The number of nitrogens with one attached hydrogen (secondary N) is 1. The fourth-order valence-corrected chi connectivity index (χ4v) is 2.67. The zero-order valence-electron chi connectivity index (χ0n) is 11.0. The third-order valence-corrected chi connectivity index (χ3v) is 3.77. The Morgan fingerprint density at radius 3 is 2.53 bits per heavy atom. The van der Waals surface area contributed by atoms with E-state index < -0.39 is 0 Å². The van der Waals surface area contributed by atoms with Crippen molar-refractivity contribution in [1.29, 1.82) is 0 Å². The summed E-state index contributed by atoms with van der Waals surface area (Å²) >= 11 is 5.85. The van der Waals surface area contributed by atoms with Crippen LogP contribution in [-0.4, -0.2) is 17.8 Å². The standard InChI is InChI=1S/C14H26ClNO/c1-12(15)7-6-10-16-14(17)11-13-8-4-2-3-5-9-13/h12-13H,2-11H2,1H3,(H,16,17). The van der Waals surface area contributed by atoms with Gasteiger partial charge in [-0.1, -0.05) is 25.7 Å². The van der Waals surface area contributed by atoms with Crippen molar-refractivity contribution < 1.29 is 4.79 Å². The van der Waals surface area contributed by atoms with Crippen molar-refractivity contribution in [2.24, 2.45) is 5.92 Å². The molecule has 0 heterocycles. The minimum atomic E-state index is 0.216. The molecule has 100 valence electrons. The first-order valence-electron chi connectivity index (χ1n) is 7.09. The van der Waals surface area contributed by atoms with E-state index in [9.17, 15) is 4.79 Å². The van der Waals surface area contributed by atoms with E-state index in [1.54, 1.807) is 0 Å². The van der Waals surface area contributed by atoms with Crippen LogP contribution in [-0.2, 0) is 4.79 Å². The highest BCUT2D eigenvalue weighted by molar-refractivity contribution is 6.20. The minimum absolute atomic E-state index is 0.216. The van der Waals surface area contributed by atoms with E-state index >= 15 is 0 Å². The summed E-state index contributed by atoms with van der Waals surface area (Å²) in [5.41, 5.74) is 0. The molecule has 1 saturated carbocycles. The Morgan fingerprint density at radius 2 is 1.94 bits per heavy atom. The molecule has 1 aliphatic rings. The molecule has 1 N–H and O–H groups in total. The maximum absolute atomic E-state index is 11.7. The van der Waals surface area contributed by atoms with Gasteiger partial charge in [-0.15, -0.1) is 11.6 Å². The zero-order valence-corrected chi connectivity index (χ0v) is 11.8. The van der Waals surface area contributed by atoms with Crippen LogP contribution in [0.25, 0.3) is 0 Å². The van der Waals surface area contributed by atoms with E-state index in [1.165, 1.54) is 38.5 Å². The number of hydrogen-bond acceptors (Lipinski definition) is 1. The monoisotopic (exact) mass is 259 g/mol. The lowest BCUT2D eigenvalue weighted by atomic mass is 9.96. The molecule has 0 aromatic carbocycles. The summed E-state index contributed by atoms with van der Waals surface area (Å²) in [7, 11) is 0. The number of hydrogen-bond donors (Lipinski definition) is 1. The molecule has 0 bridgehead atoms. The molecule has 0 radical (unpaired) electrons. The van der Waals surface area contributed by atoms with Crippen molar-refractivity contribution >= 4 is 17.5 Å². The molecule has 0 aliphatic heterocycles. The molecular formula is C14H26ClNO. The summed E-state index contributed by atoms with van der Waals surface area (Å²) in [4.78, 5) is 11.7. The van der Waals surface area contributed by atoms with E-state index in [2.05, 4.69) is 5.32 Å². The van der Waals surface area contributed by atoms with Crippen molar-refractivity contribution in [3.8, 4) is 0 Å². The fourth-order valence-electron chi connectivity index (χ4n) is 2.51. The first-order valence-corrected chi connectivity index (χ1v) is 7.53. The molecule has 3 heteroatoms. The van der Waals surface area contributed by atoms with Crippen molar-refractivity contribution in [2.75, 3.05) is 6.54 Å². The van der Waals surface area contributed by atoms with Crippen LogP contribution in [0, 0.1) is 5.92 Å². The van der Waals surface area contributed by atoms with E-state index in [0.29, 0.717) is 5.92 Å². The van der Waals surface area contributed by atoms with E-state index in [4.69, 9.17) is 11.6 Å². The summed E-state index contributed by atoms with van der Waals surface area (Å²) in [6.45, 7) is 2.78. The summed E-state index contributed by atoms with van der Waals surface area (Å²) < 4.78 is 0. The molecule has 0 saturated heterocycles. The van der Waals surface area contributed by atoms with Crippen LogP contribution in [0.15, 0.2) is 0 Å². The van der Waals surface area contributed by atoms with Gasteiger partial charge in [0.25, 0.3) is 0 Å². The van der Waals surface area contributed by atoms with Gasteiger partial charge >= 0.3 is 0 Å². The molecule has 0 spiro atoms. The average Bonchev–Trinajstić information content (AvgIpc) is 2.53. The number of halogens is 1. The van der Waals surface area contributed by atoms with Crippen LogP contribution in [0.5, 0.6) is 0 Å². The molecular weight excluding hydrogens is 234 g/mol. The van der Waals surface area contributed by atoms with Gasteiger partial charge in [-0.2, -0.15) is 0 Å². The second-order valence-electron chi connectivity index (χ2n) is 5.33. The van der Waals surface area contributed by atoms with E-state index in [0.717, 1.165) is 25.8 Å². The molecule has 1 fully saturated rings. The van der Waals surface area contributed by atoms with Gasteiger partial charge < -0.3 is 5.32 Å². The highest BCUT2D eigenvalue weighted by Gasteiger charge is 2.15. The maximum Gasteiger partial charge on any atom is 0.220 e. The Labute approximate surface area is 110 Å². The number of alkyl halides is 1. The minimum Gasteiger partial charge on any atom is -0.356 e. The Kier molecular flexibility index (Phi) is 7.67. The van der Waals surface area contributed by atoms with Gasteiger partial charge in [0.1, 0.15) is 0 Å². The highest BCUT2D eigenvalue weighted by atomic mass is 35.5. The highest BCUT2D eigenvalue weighted by Crippen LogP contribution is 2.25. The lowest BCUT2D eigenvalue weighted by Crippen LogP contribution is -2.26. The Morgan fingerprint density at radius 1 is 1.29 bits per heavy atom. The topological polar surface area (TPSA) is 29.1 Å². The third-order valence-electron chi connectivity index (χ3n) is 3.55. The third kappa shape index (κ3) is 7.64. The Balaban J connectivity index is 2.07. The molecule has 1 rings (SSSR count). The summed E-state index contributed by atoms with van der Waals surface area (Å²) in [5.74, 6) is 0.864. The average molecular weight is 260 g/mol. The Bertz CT molecular complexity index is 210. The van der Waals surface area contributed by atoms with Crippen LogP contribution in [0.4, 0.5) is 0 Å². The van der Waals surface area contributed by atoms with Gasteiger partial charge in [-0.05, 0) is 38.5 Å². The number of rotatable bonds is 6. The van der Waals surface area contributed by atoms with Crippen LogP contribution in [0.3, 0.4) is 0 Å². The quantitative estimate of drug-likeness (QED) is 0.438. The van der Waals surface area contributed by atoms with Gasteiger partial charge in [0.15, 0.2) is 0 Å². The second-order valence-corrected chi connectivity index (χ2v) is 6.08. The van der Waals surface area contributed by atoms with E-state index in [1.807, 2.05) is 6.92 Å². The van der Waals surface area contributed by atoms with Gasteiger partial charge in [0.05, 0.1) is 0 Å². The van der Waals surface area contributed by atoms with Gasteiger partial charge in [0.2, 0.25) is 5.91 Å².